The molecule has 0 fully saturated rings. The van der Waals surface area contributed by atoms with Gasteiger partial charge in [0, 0.05) is 35.9 Å². The van der Waals surface area contributed by atoms with Crippen LogP contribution in [-0.2, 0) is 11.8 Å². The Kier molecular flexibility index (Phi) is 7.41. The molecule has 0 saturated heterocycles. The van der Waals surface area contributed by atoms with Crippen molar-refractivity contribution < 1.29 is 24.1 Å². The molecule has 0 bridgehead atoms. The molecule has 0 spiro atoms. The SMILES string of the molecule is CCOC(=O)c1c(C)n(C)c2ccc(OCC(O)CNc3ccc(OCC)cc3)cc12. The van der Waals surface area contributed by atoms with Crippen LogP contribution in [0.2, 0.25) is 0 Å². The molecule has 2 N–H and O–H groups in total. The van der Waals surface area contributed by atoms with E-state index < -0.39 is 6.10 Å². The molecule has 1 atom stereocenters. The number of aliphatic hydroxyl groups is 1. The van der Waals surface area contributed by atoms with E-state index in [2.05, 4.69) is 5.32 Å². The minimum Gasteiger partial charge on any atom is -0.494 e. The Balaban J connectivity index is 1.62. The van der Waals surface area contributed by atoms with E-state index in [0.717, 1.165) is 28.0 Å². The predicted octanol–water partition coefficient (Wildman–Crippen LogP) is 3.91. The number of rotatable bonds is 10. The van der Waals surface area contributed by atoms with Gasteiger partial charge in [-0.25, -0.2) is 4.79 Å². The summed E-state index contributed by atoms with van der Waals surface area (Å²) in [7, 11) is 1.91. The van der Waals surface area contributed by atoms with E-state index in [1.165, 1.54) is 0 Å². The third-order valence-electron chi connectivity index (χ3n) is 5.09. The molecule has 1 unspecified atom stereocenters. The summed E-state index contributed by atoms with van der Waals surface area (Å²) in [5.74, 6) is 1.05. The zero-order chi connectivity index (χ0) is 22.4. The molecule has 166 valence electrons. The lowest BCUT2D eigenvalue weighted by atomic mass is 10.1. The Labute approximate surface area is 182 Å². The van der Waals surface area contributed by atoms with Gasteiger partial charge in [-0.2, -0.15) is 0 Å². The van der Waals surface area contributed by atoms with E-state index >= 15 is 0 Å². The van der Waals surface area contributed by atoms with Crippen LogP contribution in [0.25, 0.3) is 10.9 Å². The van der Waals surface area contributed by atoms with Crippen molar-refractivity contribution in [3.8, 4) is 11.5 Å². The molecule has 3 aromatic rings. The van der Waals surface area contributed by atoms with Crippen molar-refractivity contribution in [2.45, 2.75) is 26.9 Å². The van der Waals surface area contributed by atoms with Gasteiger partial charge in [0.1, 0.15) is 24.2 Å². The highest BCUT2D eigenvalue weighted by Gasteiger charge is 2.20. The van der Waals surface area contributed by atoms with Crippen molar-refractivity contribution in [1.82, 2.24) is 4.57 Å². The van der Waals surface area contributed by atoms with Crippen LogP contribution in [0.3, 0.4) is 0 Å². The number of aryl methyl sites for hydroxylation is 1. The van der Waals surface area contributed by atoms with E-state index in [9.17, 15) is 9.90 Å². The zero-order valence-electron chi connectivity index (χ0n) is 18.5. The molecule has 0 aliphatic carbocycles. The summed E-state index contributed by atoms with van der Waals surface area (Å²) in [6, 6.07) is 13.1. The van der Waals surface area contributed by atoms with E-state index in [1.807, 2.05) is 67.9 Å². The minimum atomic E-state index is -0.704. The highest BCUT2D eigenvalue weighted by molar-refractivity contribution is 6.06. The van der Waals surface area contributed by atoms with Crippen LogP contribution < -0.4 is 14.8 Å². The number of aliphatic hydroxyl groups excluding tert-OH is 1. The number of esters is 1. The molecule has 0 aliphatic heterocycles. The normalized spacial score (nSPS) is 11.9. The first kappa shape index (κ1) is 22.5. The number of carbonyl (C=O) groups is 1. The second-order valence-electron chi connectivity index (χ2n) is 7.22. The maximum atomic E-state index is 12.4. The van der Waals surface area contributed by atoms with Crippen LogP contribution in [-0.4, -0.2) is 48.1 Å². The molecule has 0 radical (unpaired) electrons. The standard InChI is InChI=1S/C24H30N2O5/c1-5-29-19-9-7-17(8-10-19)25-14-18(27)15-31-20-11-12-22-21(13-20)23(16(3)26(22)4)24(28)30-6-2/h7-13,18,25,27H,5-6,14-15H2,1-4H3. The smallest absolute Gasteiger partial charge is 0.340 e. The van der Waals surface area contributed by atoms with Gasteiger partial charge in [0.15, 0.2) is 0 Å². The summed E-state index contributed by atoms with van der Waals surface area (Å²) in [6.07, 6.45) is -0.704. The molecular formula is C24H30N2O5. The predicted molar refractivity (Wildman–Crippen MR) is 121 cm³/mol. The number of nitrogens with one attached hydrogen (secondary N) is 1. The quantitative estimate of drug-likeness (QED) is 0.479. The number of ether oxygens (including phenoxy) is 3. The topological polar surface area (TPSA) is 82.0 Å². The monoisotopic (exact) mass is 426 g/mol. The molecule has 7 heteroatoms. The highest BCUT2D eigenvalue weighted by Crippen LogP contribution is 2.29. The third kappa shape index (κ3) is 5.30. The Hall–Kier alpha value is -3.19. The Bertz CT molecular complexity index is 1030. The van der Waals surface area contributed by atoms with Crippen molar-refractivity contribution in [2.75, 3.05) is 31.7 Å². The summed E-state index contributed by atoms with van der Waals surface area (Å²) in [5, 5.41) is 14.2. The van der Waals surface area contributed by atoms with Gasteiger partial charge in [-0.15, -0.1) is 0 Å². The fraction of sp³-hybridized carbons (Fsp3) is 0.375. The summed E-state index contributed by atoms with van der Waals surface area (Å²) in [5.41, 5.74) is 3.20. The molecule has 1 heterocycles. The van der Waals surface area contributed by atoms with Crippen molar-refractivity contribution in [3.05, 3.63) is 53.7 Å². The number of aromatic nitrogens is 1. The van der Waals surface area contributed by atoms with Gasteiger partial charge >= 0.3 is 5.97 Å². The van der Waals surface area contributed by atoms with Gasteiger partial charge in [0.25, 0.3) is 0 Å². The Morgan fingerprint density at radius 3 is 2.45 bits per heavy atom. The second kappa shape index (κ2) is 10.2. The van der Waals surface area contributed by atoms with Crippen LogP contribution in [0.15, 0.2) is 42.5 Å². The van der Waals surface area contributed by atoms with Crippen LogP contribution in [0.5, 0.6) is 11.5 Å². The first-order chi connectivity index (χ1) is 14.9. The largest absolute Gasteiger partial charge is 0.494 e. The fourth-order valence-corrected chi connectivity index (χ4v) is 3.42. The summed E-state index contributed by atoms with van der Waals surface area (Å²) >= 11 is 0. The molecule has 1 aromatic heterocycles. The molecule has 31 heavy (non-hydrogen) atoms. The number of hydrogen-bond donors (Lipinski definition) is 2. The fourth-order valence-electron chi connectivity index (χ4n) is 3.42. The van der Waals surface area contributed by atoms with Gasteiger partial charge in [-0.1, -0.05) is 0 Å². The highest BCUT2D eigenvalue weighted by atomic mass is 16.5. The lowest BCUT2D eigenvalue weighted by Crippen LogP contribution is -2.26. The van der Waals surface area contributed by atoms with E-state index in [-0.39, 0.29) is 12.6 Å². The zero-order valence-corrected chi connectivity index (χ0v) is 18.5. The van der Waals surface area contributed by atoms with Crippen LogP contribution >= 0.6 is 0 Å². The lowest BCUT2D eigenvalue weighted by molar-refractivity contribution is 0.0527. The van der Waals surface area contributed by atoms with E-state index in [4.69, 9.17) is 14.2 Å². The molecule has 0 saturated carbocycles. The van der Waals surface area contributed by atoms with Gasteiger partial charge in [0.05, 0.1) is 18.8 Å². The number of benzene rings is 2. The van der Waals surface area contributed by atoms with Crippen molar-refractivity contribution in [2.24, 2.45) is 7.05 Å². The lowest BCUT2D eigenvalue weighted by Gasteiger charge is -2.14. The Morgan fingerprint density at radius 2 is 1.77 bits per heavy atom. The first-order valence-corrected chi connectivity index (χ1v) is 10.5. The van der Waals surface area contributed by atoms with Crippen LogP contribution in [0.1, 0.15) is 29.9 Å². The Morgan fingerprint density at radius 1 is 1.06 bits per heavy atom. The van der Waals surface area contributed by atoms with Crippen LogP contribution in [0.4, 0.5) is 5.69 Å². The number of carbonyl (C=O) groups excluding carboxylic acids is 1. The number of fused-ring (bicyclic) bond motifs is 1. The number of nitrogens with zero attached hydrogens (tertiary/aromatic N) is 1. The van der Waals surface area contributed by atoms with Crippen molar-refractivity contribution in [1.29, 1.82) is 0 Å². The van der Waals surface area contributed by atoms with Gasteiger partial charge in [-0.05, 0) is 63.2 Å². The van der Waals surface area contributed by atoms with Crippen LogP contribution in [0, 0.1) is 6.92 Å². The molecule has 0 amide bonds. The maximum absolute atomic E-state index is 12.4. The maximum Gasteiger partial charge on any atom is 0.340 e. The van der Waals surface area contributed by atoms with Gasteiger partial charge < -0.3 is 29.2 Å². The summed E-state index contributed by atoms with van der Waals surface area (Å²) < 4.78 is 18.4. The average molecular weight is 427 g/mol. The molecular weight excluding hydrogens is 396 g/mol. The van der Waals surface area contributed by atoms with E-state index in [0.29, 0.717) is 31.1 Å². The van der Waals surface area contributed by atoms with Gasteiger partial charge in [-0.3, -0.25) is 0 Å². The van der Waals surface area contributed by atoms with E-state index in [1.54, 1.807) is 6.92 Å². The molecule has 0 aliphatic rings. The second-order valence-corrected chi connectivity index (χ2v) is 7.22. The third-order valence-corrected chi connectivity index (χ3v) is 5.09. The average Bonchev–Trinajstić information content (AvgIpc) is 3.02. The van der Waals surface area contributed by atoms with Crippen molar-refractivity contribution >= 4 is 22.6 Å². The number of hydrogen-bond acceptors (Lipinski definition) is 6. The van der Waals surface area contributed by atoms with Crippen molar-refractivity contribution in [3.63, 3.8) is 0 Å². The number of anilines is 1. The summed E-state index contributed by atoms with van der Waals surface area (Å²) in [6.45, 7) is 7.03. The molecule has 2 aromatic carbocycles. The molecule has 3 rings (SSSR count). The summed E-state index contributed by atoms with van der Waals surface area (Å²) in [4.78, 5) is 12.4. The molecule has 7 nitrogen and oxygen atoms in total. The minimum absolute atomic E-state index is 0.121. The van der Waals surface area contributed by atoms with Gasteiger partial charge in [0.2, 0.25) is 0 Å². The first-order valence-electron chi connectivity index (χ1n) is 10.5.